The molecule has 2 heterocycles. The Kier molecular flexibility index (Phi) is 7.04. The first-order valence-corrected chi connectivity index (χ1v) is 8.99. The van der Waals surface area contributed by atoms with Crippen LogP contribution in [0.1, 0.15) is 18.5 Å². The van der Waals surface area contributed by atoms with E-state index in [0.29, 0.717) is 38.2 Å². The smallest absolute Gasteiger partial charge is 0.226 e. The largest absolute Gasteiger partial charge is 0.444 e. The van der Waals surface area contributed by atoms with Crippen LogP contribution in [0.15, 0.2) is 46.0 Å². The van der Waals surface area contributed by atoms with Crippen LogP contribution in [0.2, 0.25) is 0 Å². The Bertz CT molecular complexity index is 681. The predicted molar refractivity (Wildman–Crippen MR) is 99.9 cm³/mol. The minimum atomic E-state index is 0.262. The fourth-order valence-electron chi connectivity index (χ4n) is 2.73. The Labute approximate surface area is 153 Å². The molecule has 0 amide bonds. The Morgan fingerprint density at radius 3 is 2.96 bits per heavy atom. The van der Waals surface area contributed by atoms with Crippen LogP contribution in [0.4, 0.5) is 0 Å². The van der Waals surface area contributed by atoms with Crippen molar-refractivity contribution in [3.8, 4) is 11.5 Å². The van der Waals surface area contributed by atoms with E-state index in [-0.39, 0.29) is 6.10 Å². The molecule has 140 valence electrons. The molecule has 1 fully saturated rings. The third kappa shape index (κ3) is 5.57. The zero-order chi connectivity index (χ0) is 18.0. The average Bonchev–Trinajstić information content (AvgIpc) is 3.36. The molecule has 1 unspecified atom stereocenters. The molecule has 0 bridgehead atoms. The van der Waals surface area contributed by atoms with Gasteiger partial charge in [-0.25, -0.2) is 4.98 Å². The van der Waals surface area contributed by atoms with Gasteiger partial charge in [-0.2, -0.15) is 0 Å². The highest BCUT2D eigenvalue weighted by molar-refractivity contribution is 5.79. The highest BCUT2D eigenvalue weighted by Gasteiger charge is 2.15. The Balaban J connectivity index is 1.35. The summed E-state index contributed by atoms with van der Waals surface area (Å²) in [6.45, 7) is 3.35. The lowest BCUT2D eigenvalue weighted by Gasteiger charge is -2.12. The highest BCUT2D eigenvalue weighted by atomic mass is 16.5. The molecule has 1 saturated heterocycles. The molecule has 3 rings (SSSR count). The number of guanidine groups is 1. The predicted octanol–water partition coefficient (Wildman–Crippen LogP) is 2.20. The number of nitrogens with zero attached hydrogens (tertiary/aromatic N) is 2. The van der Waals surface area contributed by atoms with Gasteiger partial charge in [0.05, 0.1) is 31.6 Å². The molecule has 1 atom stereocenters. The molecule has 2 N–H and O–H groups in total. The number of hydrogen-bond acceptors (Lipinski definition) is 5. The van der Waals surface area contributed by atoms with Gasteiger partial charge in [0.2, 0.25) is 5.89 Å². The summed E-state index contributed by atoms with van der Waals surface area (Å²) in [6, 6.07) is 9.84. The molecule has 0 radical (unpaired) electrons. The van der Waals surface area contributed by atoms with Gasteiger partial charge >= 0.3 is 0 Å². The second-order valence-electron chi connectivity index (χ2n) is 6.07. The van der Waals surface area contributed by atoms with Gasteiger partial charge < -0.3 is 24.5 Å². The van der Waals surface area contributed by atoms with E-state index < -0.39 is 0 Å². The number of hydrogen-bond donors (Lipinski definition) is 2. The third-order valence-electron chi connectivity index (χ3n) is 4.10. The van der Waals surface area contributed by atoms with Gasteiger partial charge in [0.15, 0.2) is 5.96 Å². The summed E-state index contributed by atoms with van der Waals surface area (Å²) in [6.07, 6.45) is 4.15. The summed E-state index contributed by atoms with van der Waals surface area (Å²) in [5.41, 5.74) is 1.78. The Morgan fingerprint density at radius 2 is 2.19 bits per heavy atom. The maximum atomic E-state index is 5.63. The van der Waals surface area contributed by atoms with Crippen LogP contribution in [-0.4, -0.2) is 50.5 Å². The van der Waals surface area contributed by atoms with Crippen molar-refractivity contribution >= 4 is 5.96 Å². The van der Waals surface area contributed by atoms with Crippen LogP contribution < -0.4 is 10.6 Å². The summed E-state index contributed by atoms with van der Waals surface area (Å²) in [4.78, 5) is 8.69. The number of rotatable bonds is 8. The monoisotopic (exact) mass is 358 g/mol. The fraction of sp³-hybridized carbons (Fsp3) is 0.474. The Morgan fingerprint density at radius 1 is 1.31 bits per heavy atom. The standard InChI is InChI=1S/C19H26N4O3/c1-20-19(21-9-11-24-14-17-8-5-10-25-17)22-12-16-13-26-18(23-16)15-6-3-2-4-7-15/h2-4,6-7,13,17H,5,8-12,14H2,1H3,(H2,20,21,22). The van der Waals surface area contributed by atoms with Crippen molar-refractivity contribution in [2.24, 2.45) is 4.99 Å². The van der Waals surface area contributed by atoms with E-state index in [1.165, 1.54) is 0 Å². The van der Waals surface area contributed by atoms with Crippen LogP contribution in [0.3, 0.4) is 0 Å². The quantitative estimate of drug-likeness (QED) is 0.428. The molecule has 26 heavy (non-hydrogen) atoms. The molecular formula is C19H26N4O3. The maximum Gasteiger partial charge on any atom is 0.226 e. The van der Waals surface area contributed by atoms with E-state index in [0.717, 1.165) is 30.7 Å². The lowest BCUT2D eigenvalue weighted by Crippen LogP contribution is -2.38. The van der Waals surface area contributed by atoms with Crippen LogP contribution in [-0.2, 0) is 16.0 Å². The van der Waals surface area contributed by atoms with Gasteiger partial charge in [-0.3, -0.25) is 4.99 Å². The van der Waals surface area contributed by atoms with Crippen LogP contribution >= 0.6 is 0 Å². The molecule has 0 saturated carbocycles. The minimum absolute atomic E-state index is 0.262. The summed E-state index contributed by atoms with van der Waals surface area (Å²) < 4.78 is 16.7. The second-order valence-corrected chi connectivity index (χ2v) is 6.07. The van der Waals surface area contributed by atoms with Gasteiger partial charge in [-0.1, -0.05) is 18.2 Å². The SMILES string of the molecule is CN=C(NCCOCC1CCCO1)NCc1coc(-c2ccccc2)n1. The van der Waals surface area contributed by atoms with Crippen molar-refractivity contribution in [2.45, 2.75) is 25.5 Å². The molecule has 1 aliphatic heterocycles. The Hall–Kier alpha value is -2.38. The van der Waals surface area contributed by atoms with Crippen LogP contribution in [0, 0.1) is 0 Å². The van der Waals surface area contributed by atoms with Crippen LogP contribution in [0.5, 0.6) is 0 Å². The number of nitrogens with one attached hydrogen (secondary N) is 2. The van der Waals surface area contributed by atoms with Crippen molar-refractivity contribution in [1.82, 2.24) is 15.6 Å². The highest BCUT2D eigenvalue weighted by Crippen LogP contribution is 2.17. The summed E-state index contributed by atoms with van der Waals surface area (Å²) >= 11 is 0. The van der Waals surface area contributed by atoms with E-state index in [1.807, 2.05) is 30.3 Å². The first-order valence-electron chi connectivity index (χ1n) is 8.99. The van der Waals surface area contributed by atoms with Crippen molar-refractivity contribution in [3.63, 3.8) is 0 Å². The number of oxazole rings is 1. The molecule has 1 aliphatic rings. The molecule has 7 nitrogen and oxygen atoms in total. The molecule has 1 aromatic heterocycles. The minimum Gasteiger partial charge on any atom is -0.444 e. The molecule has 0 spiro atoms. The van der Waals surface area contributed by atoms with Crippen molar-refractivity contribution in [3.05, 3.63) is 42.3 Å². The lowest BCUT2D eigenvalue weighted by molar-refractivity contribution is 0.0191. The zero-order valence-electron chi connectivity index (χ0n) is 15.1. The number of benzene rings is 1. The number of ether oxygens (including phenoxy) is 2. The van der Waals surface area contributed by atoms with E-state index in [2.05, 4.69) is 20.6 Å². The normalized spacial score (nSPS) is 17.4. The summed E-state index contributed by atoms with van der Waals surface area (Å²) in [7, 11) is 1.74. The third-order valence-corrected chi connectivity index (χ3v) is 4.10. The van der Waals surface area contributed by atoms with Crippen LogP contribution in [0.25, 0.3) is 11.5 Å². The van der Waals surface area contributed by atoms with E-state index in [1.54, 1.807) is 13.3 Å². The second kappa shape index (κ2) is 9.94. The van der Waals surface area contributed by atoms with Gasteiger partial charge in [-0.15, -0.1) is 0 Å². The molecule has 0 aliphatic carbocycles. The zero-order valence-corrected chi connectivity index (χ0v) is 15.1. The average molecular weight is 358 g/mol. The van der Waals surface area contributed by atoms with Crippen molar-refractivity contribution in [2.75, 3.05) is 33.4 Å². The molecule has 1 aromatic carbocycles. The fourth-order valence-corrected chi connectivity index (χ4v) is 2.73. The number of aliphatic imine (C=N–C) groups is 1. The molecular weight excluding hydrogens is 332 g/mol. The van der Waals surface area contributed by atoms with Gasteiger partial charge in [0.1, 0.15) is 6.26 Å². The topological polar surface area (TPSA) is 80.9 Å². The summed E-state index contributed by atoms with van der Waals surface area (Å²) in [5, 5.41) is 6.44. The molecule has 7 heteroatoms. The van der Waals surface area contributed by atoms with Crippen molar-refractivity contribution in [1.29, 1.82) is 0 Å². The van der Waals surface area contributed by atoms with Gasteiger partial charge in [-0.05, 0) is 25.0 Å². The first-order chi connectivity index (χ1) is 12.8. The van der Waals surface area contributed by atoms with Gasteiger partial charge in [0, 0.05) is 25.8 Å². The van der Waals surface area contributed by atoms with E-state index in [9.17, 15) is 0 Å². The number of aromatic nitrogens is 1. The first kappa shape index (κ1) is 18.4. The van der Waals surface area contributed by atoms with E-state index in [4.69, 9.17) is 13.9 Å². The van der Waals surface area contributed by atoms with Gasteiger partial charge in [0.25, 0.3) is 0 Å². The lowest BCUT2D eigenvalue weighted by atomic mass is 10.2. The summed E-state index contributed by atoms with van der Waals surface area (Å²) in [5.74, 6) is 1.32. The van der Waals surface area contributed by atoms with E-state index >= 15 is 0 Å². The van der Waals surface area contributed by atoms with Crippen molar-refractivity contribution < 1.29 is 13.9 Å². The molecule has 2 aromatic rings. The maximum absolute atomic E-state index is 5.63.